The molecule has 0 amide bonds. The number of benzene rings is 2. The molecular formula is C15H14S2. The van der Waals surface area contributed by atoms with Crippen LogP contribution < -0.4 is 0 Å². The molecule has 0 nitrogen and oxygen atoms in total. The summed E-state index contributed by atoms with van der Waals surface area (Å²) in [5.41, 5.74) is 2.61. The summed E-state index contributed by atoms with van der Waals surface area (Å²) < 4.78 is 0. The van der Waals surface area contributed by atoms with Crippen LogP contribution in [0, 0.1) is 0 Å². The zero-order chi connectivity index (χ0) is 11.7. The Bertz CT molecular complexity index is 499. The van der Waals surface area contributed by atoms with E-state index in [-0.39, 0.29) is 0 Å². The van der Waals surface area contributed by atoms with Crippen molar-refractivity contribution in [2.24, 2.45) is 0 Å². The standard InChI is InChI=1S/C15H14S2/c1-11-10-16-14-6-2-12(3-7-14)13-4-8-15(17-11)9-5-13/h2-9,11H,10H2,1H3. The Hall–Kier alpha value is -0.860. The molecule has 2 aromatic carbocycles. The number of hydrogen-bond acceptors (Lipinski definition) is 2. The van der Waals surface area contributed by atoms with Crippen LogP contribution in [0.5, 0.6) is 0 Å². The van der Waals surface area contributed by atoms with Crippen LogP contribution >= 0.6 is 23.5 Å². The van der Waals surface area contributed by atoms with Crippen LogP contribution in [-0.2, 0) is 0 Å². The van der Waals surface area contributed by atoms with Crippen molar-refractivity contribution in [3.8, 4) is 11.1 Å². The van der Waals surface area contributed by atoms with Crippen molar-refractivity contribution in [2.75, 3.05) is 5.75 Å². The Labute approximate surface area is 111 Å². The van der Waals surface area contributed by atoms with E-state index in [0.29, 0.717) is 5.25 Å². The third-order valence-electron chi connectivity index (χ3n) is 2.86. The molecule has 4 aliphatic heterocycles. The molecule has 4 aliphatic rings. The van der Waals surface area contributed by atoms with Crippen LogP contribution in [0.1, 0.15) is 6.92 Å². The average Bonchev–Trinajstić information content (AvgIpc) is 2.36. The minimum Gasteiger partial charge on any atom is -0.125 e. The Balaban J connectivity index is 2.08. The molecule has 2 heteroatoms. The molecular weight excluding hydrogens is 244 g/mol. The molecule has 0 fully saturated rings. The molecule has 0 saturated carbocycles. The van der Waals surface area contributed by atoms with Gasteiger partial charge in [0.1, 0.15) is 0 Å². The predicted octanol–water partition coefficient (Wildman–Crippen LogP) is 4.94. The van der Waals surface area contributed by atoms with E-state index in [1.54, 1.807) is 0 Å². The first-order chi connectivity index (χ1) is 8.31. The van der Waals surface area contributed by atoms with E-state index in [2.05, 4.69) is 55.5 Å². The van der Waals surface area contributed by atoms with Gasteiger partial charge in [0.2, 0.25) is 0 Å². The quantitative estimate of drug-likeness (QED) is 0.656. The van der Waals surface area contributed by atoms with Crippen molar-refractivity contribution < 1.29 is 0 Å². The molecule has 1 atom stereocenters. The highest BCUT2D eigenvalue weighted by Gasteiger charge is 2.08. The van der Waals surface area contributed by atoms with Crippen LogP contribution in [0.3, 0.4) is 0 Å². The lowest BCUT2D eigenvalue weighted by molar-refractivity contribution is 1.12. The zero-order valence-corrected chi connectivity index (χ0v) is 11.4. The molecule has 4 bridgehead atoms. The second-order valence-corrected chi connectivity index (χ2v) is 6.89. The first kappa shape index (κ1) is 11.2. The van der Waals surface area contributed by atoms with Gasteiger partial charge in [-0.05, 0) is 35.4 Å². The fourth-order valence-corrected chi connectivity index (χ4v) is 3.94. The van der Waals surface area contributed by atoms with Crippen LogP contribution in [0.2, 0.25) is 0 Å². The van der Waals surface area contributed by atoms with Gasteiger partial charge in [0.25, 0.3) is 0 Å². The molecule has 2 aromatic rings. The van der Waals surface area contributed by atoms with E-state index in [1.165, 1.54) is 20.9 Å². The maximum Gasteiger partial charge on any atom is 0.0160 e. The monoisotopic (exact) mass is 258 g/mol. The van der Waals surface area contributed by atoms with Gasteiger partial charge in [-0.15, -0.1) is 23.5 Å². The number of rotatable bonds is 0. The summed E-state index contributed by atoms with van der Waals surface area (Å²) in [6.07, 6.45) is 0. The van der Waals surface area contributed by atoms with Gasteiger partial charge in [-0.25, -0.2) is 0 Å². The summed E-state index contributed by atoms with van der Waals surface area (Å²) in [7, 11) is 0. The van der Waals surface area contributed by atoms with Crippen molar-refractivity contribution in [1.82, 2.24) is 0 Å². The summed E-state index contributed by atoms with van der Waals surface area (Å²) in [6.45, 7) is 2.30. The van der Waals surface area contributed by atoms with Crippen LogP contribution in [0.25, 0.3) is 11.1 Å². The lowest BCUT2D eigenvalue weighted by Crippen LogP contribution is -1.99. The van der Waals surface area contributed by atoms with Gasteiger partial charge in [-0.1, -0.05) is 31.2 Å². The van der Waals surface area contributed by atoms with E-state index in [0.717, 1.165) is 5.75 Å². The summed E-state index contributed by atoms with van der Waals surface area (Å²) in [6, 6.07) is 17.8. The van der Waals surface area contributed by atoms with Crippen LogP contribution in [0.4, 0.5) is 0 Å². The molecule has 0 spiro atoms. The summed E-state index contributed by atoms with van der Waals surface area (Å²) in [5.74, 6) is 1.16. The molecule has 86 valence electrons. The zero-order valence-electron chi connectivity index (χ0n) is 9.72. The normalized spacial score (nSPS) is 18.8. The number of hydrogen-bond donors (Lipinski definition) is 0. The number of thioether (sulfide) groups is 2. The molecule has 0 aliphatic carbocycles. The van der Waals surface area contributed by atoms with Crippen molar-refractivity contribution in [3.63, 3.8) is 0 Å². The minimum atomic E-state index is 0.643. The van der Waals surface area contributed by atoms with E-state index < -0.39 is 0 Å². The largest absolute Gasteiger partial charge is 0.125 e. The fourth-order valence-electron chi connectivity index (χ4n) is 1.95. The molecule has 0 aromatic heterocycles. The summed E-state index contributed by atoms with van der Waals surface area (Å²) in [5, 5.41) is 0.643. The Morgan fingerprint density at radius 2 is 1.35 bits per heavy atom. The maximum absolute atomic E-state index is 2.30. The second kappa shape index (κ2) is 4.79. The van der Waals surface area contributed by atoms with Gasteiger partial charge in [0, 0.05) is 20.8 Å². The summed E-state index contributed by atoms with van der Waals surface area (Å²) in [4.78, 5) is 2.74. The average molecular weight is 258 g/mol. The smallest absolute Gasteiger partial charge is 0.0160 e. The Morgan fingerprint density at radius 1 is 0.824 bits per heavy atom. The van der Waals surface area contributed by atoms with Crippen LogP contribution in [-0.4, -0.2) is 11.0 Å². The highest BCUT2D eigenvalue weighted by Crippen LogP contribution is 2.32. The van der Waals surface area contributed by atoms with Gasteiger partial charge in [-0.2, -0.15) is 0 Å². The topological polar surface area (TPSA) is 0 Å². The van der Waals surface area contributed by atoms with E-state index in [1.807, 2.05) is 23.5 Å². The molecule has 17 heavy (non-hydrogen) atoms. The van der Waals surface area contributed by atoms with Gasteiger partial charge in [-0.3, -0.25) is 0 Å². The highest BCUT2D eigenvalue weighted by molar-refractivity contribution is 8.03. The maximum atomic E-state index is 2.30. The predicted molar refractivity (Wildman–Crippen MR) is 77.9 cm³/mol. The first-order valence-corrected chi connectivity index (χ1v) is 7.68. The van der Waals surface area contributed by atoms with Crippen molar-refractivity contribution >= 4 is 23.5 Å². The van der Waals surface area contributed by atoms with E-state index >= 15 is 0 Å². The molecule has 0 radical (unpaired) electrons. The fraction of sp³-hybridized carbons (Fsp3) is 0.200. The lowest BCUT2D eigenvalue weighted by atomic mass is 10.1. The molecule has 6 rings (SSSR count). The van der Waals surface area contributed by atoms with Crippen LogP contribution in [0.15, 0.2) is 58.3 Å². The Morgan fingerprint density at radius 3 is 1.94 bits per heavy atom. The van der Waals surface area contributed by atoms with E-state index in [9.17, 15) is 0 Å². The summed E-state index contributed by atoms with van der Waals surface area (Å²) >= 11 is 3.91. The molecule has 4 heterocycles. The molecule has 1 unspecified atom stereocenters. The highest BCUT2D eigenvalue weighted by atomic mass is 32.2. The van der Waals surface area contributed by atoms with Gasteiger partial charge >= 0.3 is 0 Å². The lowest BCUT2D eigenvalue weighted by Gasteiger charge is -2.13. The third-order valence-corrected chi connectivity index (χ3v) is 5.46. The van der Waals surface area contributed by atoms with Crippen molar-refractivity contribution in [3.05, 3.63) is 48.5 Å². The van der Waals surface area contributed by atoms with Crippen molar-refractivity contribution in [1.29, 1.82) is 0 Å². The molecule has 0 N–H and O–H groups in total. The molecule has 0 saturated heterocycles. The second-order valence-electron chi connectivity index (χ2n) is 4.29. The Kier molecular flexibility index (Phi) is 3.17. The minimum absolute atomic E-state index is 0.643. The SMILES string of the molecule is CC1CSc2ccc(cc2)-c2ccc(cc2)S1. The third kappa shape index (κ3) is 2.53. The first-order valence-electron chi connectivity index (χ1n) is 5.81. The van der Waals surface area contributed by atoms with Gasteiger partial charge in [0.05, 0.1) is 0 Å². The van der Waals surface area contributed by atoms with E-state index in [4.69, 9.17) is 0 Å². The van der Waals surface area contributed by atoms with Crippen molar-refractivity contribution in [2.45, 2.75) is 22.0 Å². The van der Waals surface area contributed by atoms with Gasteiger partial charge in [0.15, 0.2) is 0 Å². The van der Waals surface area contributed by atoms with Gasteiger partial charge < -0.3 is 0 Å².